The number of hydrogen-bond acceptors (Lipinski definition) is 6. The number of aliphatic hydroxyl groups excluding tert-OH is 2. The van der Waals surface area contributed by atoms with E-state index in [1.807, 2.05) is 6.08 Å². The van der Waals surface area contributed by atoms with Gasteiger partial charge in [-0.25, -0.2) is 4.79 Å². The zero-order valence-electron chi connectivity index (χ0n) is 15.4. The van der Waals surface area contributed by atoms with E-state index < -0.39 is 36.7 Å². The zero-order chi connectivity index (χ0) is 20.7. The molecule has 1 saturated heterocycles. The van der Waals surface area contributed by atoms with Gasteiger partial charge < -0.3 is 20.3 Å². The number of rotatable bonds is 10. The normalized spacial score (nSPS) is 23.5. The second-order valence-electron chi connectivity index (χ2n) is 6.62. The van der Waals surface area contributed by atoms with Crippen LogP contribution in [0.15, 0.2) is 29.7 Å². The lowest BCUT2D eigenvalue weighted by atomic mass is 10.1. The molecule has 0 unspecified atom stereocenters. The van der Waals surface area contributed by atoms with E-state index in [-0.39, 0.29) is 18.1 Å². The highest BCUT2D eigenvalue weighted by atomic mass is 19.3. The van der Waals surface area contributed by atoms with Gasteiger partial charge in [0.2, 0.25) is 12.1 Å². The number of aromatic nitrogens is 2. The largest absolute Gasteiger partial charge is 0.394 e. The number of nitrogens with one attached hydrogen (secondary N) is 1. The maximum Gasteiger partial charge on any atom is 0.351 e. The van der Waals surface area contributed by atoms with Crippen LogP contribution in [0.3, 0.4) is 0 Å². The van der Waals surface area contributed by atoms with Crippen molar-refractivity contribution in [2.45, 2.75) is 62.9 Å². The molecule has 10 heteroatoms. The standard InChI is InChI=1S/C18H25F2N3O5/c1-2-3-4-5-6-7-8-14(25)21-13-9-10-23(17(27)22-13)16-18(19,20)15(26)12(11-24)28-16/h2,9-10,12,15-16,24,26H,1,3-8,11H2,(H,21,22,25,27)/t12-,15-,16-/m0/s1. The molecule has 0 aliphatic carbocycles. The smallest absolute Gasteiger partial charge is 0.351 e. The minimum atomic E-state index is -3.78. The number of allylic oxidation sites excluding steroid dienone is 1. The van der Waals surface area contributed by atoms with Gasteiger partial charge in [-0.2, -0.15) is 13.8 Å². The summed E-state index contributed by atoms with van der Waals surface area (Å²) in [4.78, 5) is 27.6. The highest BCUT2D eigenvalue weighted by Crippen LogP contribution is 2.41. The molecule has 1 aliphatic rings. The molecule has 0 saturated carbocycles. The number of ether oxygens (including phenoxy) is 1. The summed E-state index contributed by atoms with van der Waals surface area (Å²) in [7, 11) is 0. The fraction of sp³-hybridized carbons (Fsp3) is 0.611. The predicted octanol–water partition coefficient (Wildman–Crippen LogP) is 1.59. The second kappa shape index (κ2) is 9.85. The first kappa shape index (κ1) is 22.1. The van der Waals surface area contributed by atoms with Crippen LogP contribution in [0.25, 0.3) is 0 Å². The number of unbranched alkanes of at least 4 members (excludes halogenated alkanes) is 4. The van der Waals surface area contributed by atoms with Gasteiger partial charge in [-0.1, -0.05) is 18.9 Å². The summed E-state index contributed by atoms with van der Waals surface area (Å²) >= 11 is 0. The lowest BCUT2D eigenvalue weighted by Crippen LogP contribution is -2.41. The maximum atomic E-state index is 14.1. The Morgan fingerprint density at radius 2 is 2.11 bits per heavy atom. The predicted molar refractivity (Wildman–Crippen MR) is 97.0 cm³/mol. The molecule has 156 valence electrons. The molecule has 3 atom stereocenters. The minimum absolute atomic E-state index is 0.0570. The highest BCUT2D eigenvalue weighted by Gasteiger charge is 2.59. The number of aliphatic hydroxyl groups is 2. The van der Waals surface area contributed by atoms with E-state index in [1.165, 1.54) is 6.07 Å². The molecule has 3 N–H and O–H groups in total. The Morgan fingerprint density at radius 3 is 2.71 bits per heavy atom. The van der Waals surface area contributed by atoms with E-state index in [1.54, 1.807) is 0 Å². The molecule has 2 rings (SSSR count). The molecule has 1 aromatic heterocycles. The lowest BCUT2D eigenvalue weighted by Gasteiger charge is -2.21. The number of halogens is 2. The number of carbonyl (C=O) groups excluding carboxylic acids is 1. The summed E-state index contributed by atoms with van der Waals surface area (Å²) in [5, 5.41) is 21.0. The maximum absolute atomic E-state index is 14.1. The van der Waals surface area contributed by atoms with Crippen LogP contribution in [0, 0.1) is 0 Å². The first-order chi connectivity index (χ1) is 13.3. The third-order valence-corrected chi connectivity index (χ3v) is 4.47. The number of hydrogen-bond donors (Lipinski definition) is 3. The summed E-state index contributed by atoms with van der Waals surface area (Å²) in [6.07, 6.45) is 1.76. The molecule has 1 fully saturated rings. The van der Waals surface area contributed by atoms with Crippen LogP contribution in [0.4, 0.5) is 14.6 Å². The van der Waals surface area contributed by atoms with E-state index in [4.69, 9.17) is 9.84 Å². The van der Waals surface area contributed by atoms with E-state index in [0.29, 0.717) is 11.0 Å². The van der Waals surface area contributed by atoms with Gasteiger partial charge in [0.05, 0.1) is 6.61 Å². The van der Waals surface area contributed by atoms with Crippen molar-refractivity contribution in [3.8, 4) is 0 Å². The number of anilines is 1. The summed E-state index contributed by atoms with van der Waals surface area (Å²) in [6, 6.07) is 1.20. The van der Waals surface area contributed by atoms with Crippen molar-refractivity contribution in [1.82, 2.24) is 9.55 Å². The van der Waals surface area contributed by atoms with Gasteiger partial charge in [0.25, 0.3) is 0 Å². The van der Waals surface area contributed by atoms with Crippen LogP contribution in [-0.4, -0.2) is 50.4 Å². The van der Waals surface area contributed by atoms with Crippen LogP contribution >= 0.6 is 0 Å². The molecular formula is C18H25F2N3O5. The van der Waals surface area contributed by atoms with Gasteiger partial charge >= 0.3 is 11.6 Å². The Balaban J connectivity index is 1.94. The Kier molecular flexibility index (Phi) is 7.78. The molecule has 28 heavy (non-hydrogen) atoms. The van der Waals surface area contributed by atoms with Crippen molar-refractivity contribution < 1.29 is 28.5 Å². The molecule has 0 aromatic carbocycles. The van der Waals surface area contributed by atoms with Gasteiger partial charge in [0, 0.05) is 12.6 Å². The van der Waals surface area contributed by atoms with Crippen LogP contribution in [0.5, 0.6) is 0 Å². The number of amides is 1. The monoisotopic (exact) mass is 401 g/mol. The van der Waals surface area contributed by atoms with E-state index in [2.05, 4.69) is 16.9 Å². The van der Waals surface area contributed by atoms with Crippen molar-refractivity contribution >= 4 is 11.7 Å². The van der Waals surface area contributed by atoms with Gasteiger partial charge in [-0.3, -0.25) is 9.36 Å². The molecular weight excluding hydrogens is 376 g/mol. The zero-order valence-corrected chi connectivity index (χ0v) is 15.4. The molecule has 8 nitrogen and oxygen atoms in total. The molecule has 0 bridgehead atoms. The van der Waals surface area contributed by atoms with Crippen molar-refractivity contribution in [2.75, 3.05) is 11.9 Å². The summed E-state index contributed by atoms with van der Waals surface area (Å²) in [5.41, 5.74) is -1.07. The Morgan fingerprint density at radius 1 is 1.39 bits per heavy atom. The summed E-state index contributed by atoms with van der Waals surface area (Å²) < 4.78 is 33.7. The van der Waals surface area contributed by atoms with Gasteiger partial charge in [-0.05, 0) is 25.3 Å². The Labute approximate surface area is 160 Å². The van der Waals surface area contributed by atoms with Gasteiger partial charge in [0.15, 0.2) is 6.10 Å². The third-order valence-electron chi connectivity index (χ3n) is 4.47. The summed E-state index contributed by atoms with van der Waals surface area (Å²) in [5.74, 6) is -4.17. The topological polar surface area (TPSA) is 114 Å². The minimum Gasteiger partial charge on any atom is -0.394 e. The van der Waals surface area contributed by atoms with Crippen molar-refractivity contribution in [2.24, 2.45) is 0 Å². The fourth-order valence-electron chi connectivity index (χ4n) is 2.91. The van der Waals surface area contributed by atoms with Crippen molar-refractivity contribution in [3.05, 3.63) is 35.4 Å². The summed E-state index contributed by atoms with van der Waals surface area (Å²) in [6.45, 7) is 2.82. The number of carbonyl (C=O) groups is 1. The third kappa shape index (κ3) is 5.21. The number of alkyl halides is 2. The number of nitrogens with zero attached hydrogens (tertiary/aromatic N) is 2. The molecule has 1 aromatic rings. The Hall–Kier alpha value is -2.17. The average Bonchev–Trinajstić information content (AvgIpc) is 2.88. The molecule has 2 heterocycles. The Bertz CT molecular complexity index is 740. The molecule has 0 spiro atoms. The van der Waals surface area contributed by atoms with E-state index in [0.717, 1.165) is 31.9 Å². The van der Waals surface area contributed by atoms with E-state index in [9.17, 15) is 23.5 Å². The van der Waals surface area contributed by atoms with Crippen LogP contribution in [0.2, 0.25) is 0 Å². The molecule has 0 radical (unpaired) electrons. The van der Waals surface area contributed by atoms with Crippen molar-refractivity contribution in [3.63, 3.8) is 0 Å². The first-order valence-corrected chi connectivity index (χ1v) is 9.13. The second-order valence-corrected chi connectivity index (χ2v) is 6.62. The fourth-order valence-corrected chi connectivity index (χ4v) is 2.91. The quantitative estimate of drug-likeness (QED) is 0.405. The van der Waals surface area contributed by atoms with E-state index >= 15 is 0 Å². The highest BCUT2D eigenvalue weighted by molar-refractivity contribution is 5.89. The SMILES string of the molecule is C=CCCCCCCC(=O)Nc1ccn([C@H]2O[C@@H](CO)[C@H](O)C2(F)F)c(=O)n1. The van der Waals surface area contributed by atoms with Crippen molar-refractivity contribution in [1.29, 1.82) is 0 Å². The first-order valence-electron chi connectivity index (χ1n) is 9.13. The van der Waals surface area contributed by atoms with Crippen LogP contribution in [-0.2, 0) is 9.53 Å². The van der Waals surface area contributed by atoms with Gasteiger partial charge in [0.1, 0.15) is 11.9 Å². The van der Waals surface area contributed by atoms with Crippen LogP contribution in [0.1, 0.15) is 44.8 Å². The average molecular weight is 401 g/mol. The lowest BCUT2D eigenvalue weighted by molar-refractivity contribution is -0.141. The van der Waals surface area contributed by atoms with Gasteiger partial charge in [-0.15, -0.1) is 6.58 Å². The molecule has 1 amide bonds. The van der Waals surface area contributed by atoms with Crippen LogP contribution < -0.4 is 11.0 Å². The molecule has 1 aliphatic heterocycles.